The highest BCUT2D eigenvalue weighted by atomic mass is 16.5. The zero-order valence-electron chi connectivity index (χ0n) is 14.0. The molecule has 5 nitrogen and oxygen atoms in total. The first-order valence-corrected chi connectivity index (χ1v) is 8.45. The van der Waals surface area contributed by atoms with Gasteiger partial charge in [-0.1, -0.05) is 27.7 Å². The molecule has 3 unspecified atom stereocenters. The van der Waals surface area contributed by atoms with E-state index in [4.69, 9.17) is 4.74 Å². The molecule has 0 aromatic heterocycles. The molecular weight excluding hydrogens is 266 g/mol. The second-order valence-corrected chi connectivity index (χ2v) is 6.65. The van der Waals surface area contributed by atoms with Crippen LogP contribution in [-0.2, 0) is 9.53 Å². The Morgan fingerprint density at radius 3 is 2.76 bits per heavy atom. The smallest absolute Gasteiger partial charge is 0.241 e. The fourth-order valence-electron chi connectivity index (χ4n) is 3.34. The van der Waals surface area contributed by atoms with Crippen LogP contribution < -0.4 is 5.32 Å². The maximum Gasteiger partial charge on any atom is 0.241 e. The number of ether oxygens (including phenoxy) is 1. The summed E-state index contributed by atoms with van der Waals surface area (Å²) in [5.41, 5.74) is 0. The fraction of sp³-hybridized carbons (Fsp3) is 0.938. The first-order valence-electron chi connectivity index (χ1n) is 8.45. The van der Waals surface area contributed by atoms with Crippen LogP contribution in [0.5, 0.6) is 0 Å². The fourth-order valence-corrected chi connectivity index (χ4v) is 3.34. The van der Waals surface area contributed by atoms with Gasteiger partial charge in [0.05, 0.1) is 24.9 Å². The van der Waals surface area contributed by atoms with Gasteiger partial charge in [0.1, 0.15) is 0 Å². The van der Waals surface area contributed by atoms with Crippen molar-refractivity contribution >= 4 is 5.91 Å². The van der Waals surface area contributed by atoms with E-state index in [1.54, 1.807) is 0 Å². The second-order valence-electron chi connectivity index (χ2n) is 6.65. The van der Waals surface area contributed by atoms with Crippen molar-refractivity contribution in [2.24, 2.45) is 5.92 Å². The molecule has 0 bridgehead atoms. The van der Waals surface area contributed by atoms with E-state index in [0.717, 1.165) is 45.6 Å². The number of carbonyl (C=O) groups excluding carboxylic acids is 1. The molecule has 3 atom stereocenters. The zero-order chi connectivity index (χ0) is 15.4. The Balaban J connectivity index is 1.95. The lowest BCUT2D eigenvalue weighted by Gasteiger charge is -2.35. The highest BCUT2D eigenvalue weighted by Crippen LogP contribution is 2.20. The summed E-state index contributed by atoms with van der Waals surface area (Å²) in [5.74, 6) is 0.790. The molecule has 2 rings (SSSR count). The molecule has 0 aliphatic carbocycles. The van der Waals surface area contributed by atoms with E-state index in [1.165, 1.54) is 0 Å². The minimum atomic E-state index is -0.0131. The maximum atomic E-state index is 12.6. The molecule has 0 saturated carbocycles. The largest absolute Gasteiger partial charge is 0.374 e. The maximum absolute atomic E-state index is 12.6. The highest BCUT2D eigenvalue weighted by molar-refractivity contribution is 5.84. The number of likely N-dealkylation sites (N-methyl/N-ethyl adjacent to an activating group) is 1. The Labute approximate surface area is 129 Å². The van der Waals surface area contributed by atoms with Gasteiger partial charge in [0.2, 0.25) is 5.91 Å². The van der Waals surface area contributed by atoms with Crippen LogP contribution in [0.15, 0.2) is 0 Å². The number of nitrogens with one attached hydrogen (secondary N) is 1. The van der Waals surface area contributed by atoms with Gasteiger partial charge in [0, 0.05) is 19.6 Å². The van der Waals surface area contributed by atoms with Crippen LogP contribution >= 0.6 is 0 Å². The first-order chi connectivity index (χ1) is 10.0. The van der Waals surface area contributed by atoms with Crippen molar-refractivity contribution in [3.05, 3.63) is 0 Å². The topological polar surface area (TPSA) is 44.8 Å². The number of hydrogen-bond donors (Lipinski definition) is 1. The van der Waals surface area contributed by atoms with Crippen LogP contribution in [0.4, 0.5) is 0 Å². The van der Waals surface area contributed by atoms with Crippen molar-refractivity contribution in [3.8, 4) is 0 Å². The molecule has 2 aliphatic heterocycles. The summed E-state index contributed by atoms with van der Waals surface area (Å²) >= 11 is 0. The third-order valence-corrected chi connectivity index (χ3v) is 4.52. The summed E-state index contributed by atoms with van der Waals surface area (Å²) in [6.45, 7) is 13.1. The summed E-state index contributed by atoms with van der Waals surface area (Å²) in [7, 11) is 0. The Morgan fingerprint density at radius 1 is 1.38 bits per heavy atom. The van der Waals surface area contributed by atoms with Crippen molar-refractivity contribution in [1.29, 1.82) is 0 Å². The summed E-state index contributed by atoms with van der Waals surface area (Å²) < 4.78 is 5.87. The zero-order valence-corrected chi connectivity index (χ0v) is 14.0. The molecule has 2 fully saturated rings. The third-order valence-electron chi connectivity index (χ3n) is 4.52. The Morgan fingerprint density at radius 2 is 2.14 bits per heavy atom. The van der Waals surface area contributed by atoms with Crippen LogP contribution in [0.1, 0.15) is 40.5 Å². The van der Waals surface area contributed by atoms with Gasteiger partial charge in [-0.15, -0.1) is 0 Å². The summed E-state index contributed by atoms with van der Waals surface area (Å²) in [6, 6.07) is -0.0131. The van der Waals surface area contributed by atoms with E-state index in [0.29, 0.717) is 5.92 Å². The van der Waals surface area contributed by atoms with E-state index >= 15 is 0 Å². The number of rotatable bonds is 6. The average Bonchev–Trinajstić information content (AvgIpc) is 2.75. The molecular formula is C16H31N3O2. The first kappa shape index (κ1) is 16.7. The Bertz CT molecular complexity index is 348. The number of morpholine rings is 1. The van der Waals surface area contributed by atoms with Gasteiger partial charge < -0.3 is 9.64 Å². The predicted octanol–water partition coefficient (Wildman–Crippen LogP) is 1.29. The van der Waals surface area contributed by atoms with Gasteiger partial charge in [-0.25, -0.2) is 0 Å². The predicted molar refractivity (Wildman–Crippen MR) is 84.0 cm³/mol. The number of carbonyl (C=O) groups is 1. The Kier molecular flexibility index (Phi) is 6.02. The number of hydrogen-bond acceptors (Lipinski definition) is 4. The molecule has 0 spiro atoms. The van der Waals surface area contributed by atoms with Crippen LogP contribution in [0.2, 0.25) is 0 Å². The van der Waals surface area contributed by atoms with Gasteiger partial charge in [0.25, 0.3) is 0 Å². The van der Waals surface area contributed by atoms with Gasteiger partial charge in [-0.2, -0.15) is 0 Å². The molecule has 1 N–H and O–H groups in total. The molecule has 5 heteroatoms. The molecule has 0 aromatic rings. The SMILES string of the molecule is CCC1NC(CC(C)C)C(=O)N1CC1CN(CC)CCO1. The van der Waals surface area contributed by atoms with E-state index in [1.807, 2.05) is 4.90 Å². The molecule has 0 aromatic carbocycles. The van der Waals surface area contributed by atoms with Crippen molar-refractivity contribution in [1.82, 2.24) is 15.1 Å². The van der Waals surface area contributed by atoms with Crippen LogP contribution in [0, 0.1) is 5.92 Å². The monoisotopic (exact) mass is 297 g/mol. The van der Waals surface area contributed by atoms with Crippen molar-refractivity contribution < 1.29 is 9.53 Å². The lowest BCUT2D eigenvalue weighted by Crippen LogP contribution is -2.50. The summed E-state index contributed by atoms with van der Waals surface area (Å²) in [4.78, 5) is 17.0. The van der Waals surface area contributed by atoms with E-state index < -0.39 is 0 Å². The van der Waals surface area contributed by atoms with E-state index in [9.17, 15) is 4.79 Å². The highest BCUT2D eigenvalue weighted by Gasteiger charge is 2.39. The molecule has 0 radical (unpaired) electrons. The second kappa shape index (κ2) is 7.56. The molecule has 122 valence electrons. The molecule has 2 aliphatic rings. The van der Waals surface area contributed by atoms with Crippen molar-refractivity contribution in [3.63, 3.8) is 0 Å². The number of amides is 1. The molecule has 2 saturated heterocycles. The van der Waals surface area contributed by atoms with E-state index in [2.05, 4.69) is 37.9 Å². The Hall–Kier alpha value is -0.650. The molecule has 21 heavy (non-hydrogen) atoms. The summed E-state index contributed by atoms with van der Waals surface area (Å²) in [6.07, 6.45) is 2.18. The van der Waals surface area contributed by atoms with Crippen LogP contribution in [0.25, 0.3) is 0 Å². The summed E-state index contributed by atoms with van der Waals surface area (Å²) in [5, 5.41) is 3.49. The average molecular weight is 297 g/mol. The minimum Gasteiger partial charge on any atom is -0.374 e. The van der Waals surface area contributed by atoms with E-state index in [-0.39, 0.29) is 24.2 Å². The van der Waals surface area contributed by atoms with Gasteiger partial charge >= 0.3 is 0 Å². The van der Waals surface area contributed by atoms with Crippen LogP contribution in [0.3, 0.4) is 0 Å². The third kappa shape index (κ3) is 4.18. The minimum absolute atomic E-state index is 0.0131. The quantitative estimate of drug-likeness (QED) is 0.802. The molecule has 2 heterocycles. The lowest BCUT2D eigenvalue weighted by molar-refractivity contribution is -0.133. The van der Waals surface area contributed by atoms with Gasteiger partial charge in [0.15, 0.2) is 0 Å². The van der Waals surface area contributed by atoms with Gasteiger partial charge in [-0.3, -0.25) is 15.0 Å². The standard InChI is InChI=1S/C16H31N3O2/c1-5-15-17-14(9-12(3)4)16(20)19(15)11-13-10-18(6-2)7-8-21-13/h12-15,17H,5-11H2,1-4H3. The van der Waals surface area contributed by atoms with Crippen LogP contribution in [-0.4, -0.2) is 66.8 Å². The van der Waals surface area contributed by atoms with Gasteiger partial charge in [-0.05, 0) is 25.3 Å². The number of nitrogens with zero attached hydrogens (tertiary/aromatic N) is 2. The van der Waals surface area contributed by atoms with Crippen molar-refractivity contribution in [2.45, 2.75) is 58.8 Å². The van der Waals surface area contributed by atoms with Crippen molar-refractivity contribution in [2.75, 3.05) is 32.8 Å². The lowest BCUT2D eigenvalue weighted by atomic mass is 10.0. The molecule has 1 amide bonds. The normalized spacial score (nSPS) is 31.4.